The van der Waals surface area contributed by atoms with E-state index in [-0.39, 0.29) is 11.9 Å². The van der Waals surface area contributed by atoms with Crippen LogP contribution in [0.2, 0.25) is 0 Å². The molecule has 0 bridgehead atoms. The largest absolute Gasteiger partial charge is 0.497 e. The Morgan fingerprint density at radius 3 is 3.11 bits per heavy atom. The van der Waals surface area contributed by atoms with Crippen LogP contribution in [0.1, 0.15) is 30.3 Å². The van der Waals surface area contributed by atoms with Gasteiger partial charge in [0.1, 0.15) is 11.3 Å². The molecule has 4 heterocycles. The molecule has 0 spiro atoms. The van der Waals surface area contributed by atoms with E-state index in [1.807, 2.05) is 51.9 Å². The van der Waals surface area contributed by atoms with Crippen molar-refractivity contribution in [2.75, 3.05) is 13.7 Å². The minimum Gasteiger partial charge on any atom is -0.497 e. The molecule has 4 aromatic rings. The van der Waals surface area contributed by atoms with Crippen molar-refractivity contribution in [3.63, 3.8) is 0 Å². The molecule has 142 valence electrons. The van der Waals surface area contributed by atoms with Gasteiger partial charge in [0.2, 0.25) is 5.91 Å². The second-order valence-corrected chi connectivity index (χ2v) is 7.03. The number of aromatic nitrogens is 3. The van der Waals surface area contributed by atoms with E-state index in [9.17, 15) is 4.79 Å². The van der Waals surface area contributed by atoms with Gasteiger partial charge in [-0.25, -0.2) is 0 Å². The number of hydrogen-bond donors (Lipinski definition) is 0. The van der Waals surface area contributed by atoms with Gasteiger partial charge in [0.25, 0.3) is 0 Å². The van der Waals surface area contributed by atoms with Gasteiger partial charge in [-0.3, -0.25) is 9.20 Å². The van der Waals surface area contributed by atoms with E-state index in [0.717, 1.165) is 53.1 Å². The van der Waals surface area contributed by atoms with Crippen LogP contribution in [-0.2, 0) is 11.2 Å². The Bertz CT molecular complexity index is 1160. The first-order valence-corrected chi connectivity index (χ1v) is 9.38. The lowest BCUT2D eigenvalue weighted by molar-refractivity contribution is -0.131. The minimum atomic E-state index is -0.0526. The van der Waals surface area contributed by atoms with Gasteiger partial charge in [-0.1, -0.05) is 6.07 Å². The van der Waals surface area contributed by atoms with Crippen LogP contribution in [0.3, 0.4) is 0 Å². The Kier molecular flexibility index (Phi) is 4.00. The van der Waals surface area contributed by atoms with Crippen LogP contribution in [-0.4, -0.2) is 39.1 Å². The monoisotopic (exact) mass is 376 g/mol. The van der Waals surface area contributed by atoms with E-state index in [2.05, 4.69) is 10.2 Å². The van der Waals surface area contributed by atoms with E-state index >= 15 is 0 Å². The van der Waals surface area contributed by atoms with Crippen molar-refractivity contribution >= 4 is 22.5 Å². The van der Waals surface area contributed by atoms with Crippen LogP contribution in [0, 0.1) is 0 Å². The van der Waals surface area contributed by atoms with Crippen molar-refractivity contribution in [2.24, 2.45) is 0 Å². The molecule has 0 aliphatic carbocycles. The Hall–Kier alpha value is -3.35. The summed E-state index contributed by atoms with van der Waals surface area (Å²) in [5.74, 6) is 1.63. The molecule has 5 rings (SSSR count). The van der Waals surface area contributed by atoms with Crippen molar-refractivity contribution in [3.8, 4) is 5.75 Å². The SMILES string of the molecule is COc1ccc2c(CC(=O)N3CCC[C@H]3c3nnc4ccccn34)coc2c1. The Labute approximate surface area is 161 Å². The number of hydrogen-bond acceptors (Lipinski definition) is 5. The molecular formula is C21H20N4O3. The van der Waals surface area contributed by atoms with Gasteiger partial charge in [0.15, 0.2) is 11.5 Å². The summed E-state index contributed by atoms with van der Waals surface area (Å²) in [5, 5.41) is 9.54. The number of fused-ring (bicyclic) bond motifs is 2. The zero-order chi connectivity index (χ0) is 19.1. The predicted molar refractivity (Wildman–Crippen MR) is 103 cm³/mol. The van der Waals surface area contributed by atoms with Crippen LogP contribution in [0.25, 0.3) is 16.6 Å². The van der Waals surface area contributed by atoms with Crippen molar-refractivity contribution in [2.45, 2.75) is 25.3 Å². The van der Waals surface area contributed by atoms with Gasteiger partial charge in [-0.05, 0) is 37.1 Å². The quantitative estimate of drug-likeness (QED) is 0.546. The van der Waals surface area contributed by atoms with Gasteiger partial charge in [-0.2, -0.15) is 0 Å². The van der Waals surface area contributed by atoms with Gasteiger partial charge >= 0.3 is 0 Å². The Morgan fingerprint density at radius 1 is 1.29 bits per heavy atom. The highest BCUT2D eigenvalue weighted by Gasteiger charge is 2.33. The standard InChI is InChI=1S/C21H20N4O3/c1-27-15-7-8-16-14(13-28-18(16)12-15)11-20(26)24-10-4-5-17(24)21-23-22-19-6-2-3-9-25(19)21/h2-3,6-9,12-13,17H,4-5,10-11H2,1H3/t17-/m0/s1. The minimum absolute atomic E-state index is 0.0526. The summed E-state index contributed by atoms with van der Waals surface area (Å²) >= 11 is 0. The lowest BCUT2D eigenvalue weighted by Gasteiger charge is -2.23. The molecule has 1 aromatic carbocycles. The van der Waals surface area contributed by atoms with Crippen LogP contribution >= 0.6 is 0 Å². The number of benzene rings is 1. The lowest BCUT2D eigenvalue weighted by atomic mass is 10.1. The fourth-order valence-electron chi connectivity index (χ4n) is 4.01. The van der Waals surface area contributed by atoms with Gasteiger partial charge in [-0.15, -0.1) is 10.2 Å². The molecule has 1 saturated heterocycles. The van der Waals surface area contributed by atoms with E-state index in [4.69, 9.17) is 9.15 Å². The maximum Gasteiger partial charge on any atom is 0.227 e. The lowest BCUT2D eigenvalue weighted by Crippen LogP contribution is -2.32. The fourth-order valence-corrected chi connectivity index (χ4v) is 4.01. The molecule has 7 nitrogen and oxygen atoms in total. The van der Waals surface area contributed by atoms with Crippen LogP contribution in [0.15, 0.2) is 53.3 Å². The zero-order valence-electron chi connectivity index (χ0n) is 15.5. The fraction of sp³-hybridized carbons (Fsp3) is 0.286. The third kappa shape index (κ3) is 2.70. The molecule has 1 aliphatic heterocycles. The topological polar surface area (TPSA) is 72.9 Å². The van der Waals surface area contributed by atoms with Gasteiger partial charge in [0, 0.05) is 29.8 Å². The summed E-state index contributed by atoms with van der Waals surface area (Å²) in [6.45, 7) is 0.731. The number of likely N-dealkylation sites (tertiary alicyclic amines) is 1. The Balaban J connectivity index is 1.42. The number of amides is 1. The third-order valence-corrected chi connectivity index (χ3v) is 5.42. The first-order valence-electron chi connectivity index (χ1n) is 9.38. The summed E-state index contributed by atoms with van der Waals surface area (Å²) in [6, 6.07) is 11.4. The predicted octanol–water partition coefficient (Wildman–Crippen LogP) is 3.39. The number of ether oxygens (including phenoxy) is 1. The number of rotatable bonds is 4. The highest BCUT2D eigenvalue weighted by molar-refractivity contribution is 5.88. The average molecular weight is 376 g/mol. The van der Waals surface area contributed by atoms with Crippen LogP contribution in [0.5, 0.6) is 5.75 Å². The second-order valence-electron chi connectivity index (χ2n) is 7.03. The summed E-state index contributed by atoms with van der Waals surface area (Å²) in [6.07, 6.45) is 5.76. The average Bonchev–Trinajstić information content (AvgIpc) is 3.45. The molecule has 3 aromatic heterocycles. The van der Waals surface area contributed by atoms with E-state index in [0.29, 0.717) is 6.42 Å². The third-order valence-electron chi connectivity index (χ3n) is 5.42. The molecule has 1 atom stereocenters. The summed E-state index contributed by atoms with van der Waals surface area (Å²) in [5.41, 5.74) is 2.41. The number of nitrogens with zero attached hydrogens (tertiary/aromatic N) is 4. The molecule has 0 unspecified atom stereocenters. The van der Waals surface area contributed by atoms with E-state index < -0.39 is 0 Å². The van der Waals surface area contributed by atoms with Crippen molar-refractivity contribution in [1.29, 1.82) is 0 Å². The number of carbonyl (C=O) groups is 1. The number of furan rings is 1. The van der Waals surface area contributed by atoms with Crippen LogP contribution in [0.4, 0.5) is 0 Å². The highest BCUT2D eigenvalue weighted by atomic mass is 16.5. The zero-order valence-corrected chi connectivity index (χ0v) is 15.5. The normalized spacial score (nSPS) is 16.9. The Morgan fingerprint density at radius 2 is 2.21 bits per heavy atom. The summed E-state index contributed by atoms with van der Waals surface area (Å²) in [7, 11) is 1.62. The number of carbonyl (C=O) groups excluding carboxylic acids is 1. The van der Waals surface area contributed by atoms with Crippen LogP contribution < -0.4 is 4.74 Å². The number of methoxy groups -OCH3 is 1. The first kappa shape index (κ1) is 16.8. The smallest absolute Gasteiger partial charge is 0.227 e. The second kappa shape index (κ2) is 6.67. The molecular weight excluding hydrogens is 356 g/mol. The molecule has 1 aliphatic rings. The van der Waals surface area contributed by atoms with Gasteiger partial charge < -0.3 is 14.1 Å². The van der Waals surface area contributed by atoms with Crippen molar-refractivity contribution in [1.82, 2.24) is 19.5 Å². The molecule has 1 amide bonds. The number of pyridine rings is 1. The molecule has 1 fully saturated rings. The summed E-state index contributed by atoms with van der Waals surface area (Å²) in [4.78, 5) is 15.0. The van der Waals surface area contributed by atoms with E-state index in [1.165, 1.54) is 0 Å². The van der Waals surface area contributed by atoms with Crippen molar-refractivity contribution in [3.05, 3.63) is 60.2 Å². The molecule has 0 radical (unpaired) electrons. The van der Waals surface area contributed by atoms with E-state index in [1.54, 1.807) is 13.4 Å². The maximum atomic E-state index is 13.1. The highest BCUT2D eigenvalue weighted by Crippen LogP contribution is 2.33. The first-order chi connectivity index (χ1) is 13.7. The molecule has 0 saturated carbocycles. The van der Waals surface area contributed by atoms with Gasteiger partial charge in [0.05, 0.1) is 25.8 Å². The van der Waals surface area contributed by atoms with Crippen molar-refractivity contribution < 1.29 is 13.9 Å². The summed E-state index contributed by atoms with van der Waals surface area (Å²) < 4.78 is 12.8. The maximum absolute atomic E-state index is 13.1. The molecule has 28 heavy (non-hydrogen) atoms. The molecule has 0 N–H and O–H groups in total. The molecule has 7 heteroatoms.